The standard InChI is InChI=1S/C19H32N4O2/c24-19(20-10-5-13-25-17-7-2-1-3-8-17)15-23-12-4-6-16(14-23)18-9-11-21-22-18/h9,11,16-17H,1-8,10,12-15H2,(H,20,24)(H,21,22)/t16-/m1/s1. The number of carbonyl (C=O) groups excluding carboxylic acids is 1. The molecule has 1 aromatic heterocycles. The molecule has 0 unspecified atom stereocenters. The van der Waals surface area contributed by atoms with Crippen molar-refractivity contribution in [3.8, 4) is 0 Å². The molecule has 1 aliphatic heterocycles. The third kappa shape index (κ3) is 6.12. The lowest BCUT2D eigenvalue weighted by molar-refractivity contribution is -0.122. The van der Waals surface area contributed by atoms with Gasteiger partial charge in [0.25, 0.3) is 0 Å². The highest BCUT2D eigenvalue weighted by Gasteiger charge is 2.23. The highest BCUT2D eigenvalue weighted by molar-refractivity contribution is 5.78. The monoisotopic (exact) mass is 348 g/mol. The van der Waals surface area contributed by atoms with E-state index in [2.05, 4.69) is 20.4 Å². The largest absolute Gasteiger partial charge is 0.378 e. The van der Waals surface area contributed by atoms with Gasteiger partial charge in [0.15, 0.2) is 0 Å². The van der Waals surface area contributed by atoms with Crippen LogP contribution >= 0.6 is 0 Å². The molecule has 1 aliphatic carbocycles. The fourth-order valence-corrected chi connectivity index (χ4v) is 3.99. The summed E-state index contributed by atoms with van der Waals surface area (Å²) in [6, 6.07) is 2.04. The Hall–Kier alpha value is -1.40. The summed E-state index contributed by atoms with van der Waals surface area (Å²) in [5, 5.41) is 10.1. The predicted molar refractivity (Wildman–Crippen MR) is 97.5 cm³/mol. The number of hydrogen-bond acceptors (Lipinski definition) is 4. The van der Waals surface area contributed by atoms with Crippen LogP contribution in [0.25, 0.3) is 0 Å². The first kappa shape index (κ1) is 18.4. The molecule has 140 valence electrons. The molecule has 6 heteroatoms. The van der Waals surface area contributed by atoms with E-state index in [1.807, 2.05) is 6.07 Å². The van der Waals surface area contributed by atoms with Crippen LogP contribution < -0.4 is 5.32 Å². The number of nitrogens with one attached hydrogen (secondary N) is 2. The van der Waals surface area contributed by atoms with Crippen molar-refractivity contribution in [1.29, 1.82) is 0 Å². The van der Waals surface area contributed by atoms with Crippen molar-refractivity contribution in [2.24, 2.45) is 0 Å². The van der Waals surface area contributed by atoms with Crippen LogP contribution in [0, 0.1) is 0 Å². The molecule has 0 spiro atoms. The van der Waals surface area contributed by atoms with Gasteiger partial charge in [-0.15, -0.1) is 0 Å². The number of rotatable bonds is 8. The van der Waals surface area contributed by atoms with Crippen LogP contribution in [0.5, 0.6) is 0 Å². The lowest BCUT2D eigenvalue weighted by Gasteiger charge is -2.31. The molecular formula is C19H32N4O2. The molecule has 6 nitrogen and oxygen atoms in total. The third-order valence-electron chi connectivity index (χ3n) is 5.38. The van der Waals surface area contributed by atoms with Gasteiger partial charge in [0.2, 0.25) is 5.91 Å². The Morgan fingerprint density at radius 1 is 1.28 bits per heavy atom. The lowest BCUT2D eigenvalue weighted by atomic mass is 9.95. The molecular weight excluding hydrogens is 316 g/mol. The molecule has 2 aliphatic rings. The van der Waals surface area contributed by atoms with Crippen LogP contribution in [0.3, 0.4) is 0 Å². The Balaban J connectivity index is 1.27. The highest BCUT2D eigenvalue weighted by atomic mass is 16.5. The van der Waals surface area contributed by atoms with Gasteiger partial charge in [0.1, 0.15) is 0 Å². The molecule has 25 heavy (non-hydrogen) atoms. The van der Waals surface area contributed by atoms with Crippen LogP contribution in [0.1, 0.15) is 63.0 Å². The fraction of sp³-hybridized carbons (Fsp3) is 0.789. The number of likely N-dealkylation sites (tertiary alicyclic amines) is 1. The molecule has 1 saturated carbocycles. The average Bonchev–Trinajstić information content (AvgIpc) is 3.17. The van der Waals surface area contributed by atoms with Crippen LogP contribution in [0.4, 0.5) is 0 Å². The molecule has 1 atom stereocenters. The quantitative estimate of drug-likeness (QED) is 0.708. The number of aromatic amines is 1. The second-order valence-electron chi connectivity index (χ2n) is 7.42. The molecule has 2 heterocycles. The number of carbonyl (C=O) groups is 1. The second kappa shape index (κ2) is 9.92. The van der Waals surface area contributed by atoms with Gasteiger partial charge in [-0.2, -0.15) is 5.10 Å². The van der Waals surface area contributed by atoms with Gasteiger partial charge >= 0.3 is 0 Å². The van der Waals surface area contributed by atoms with E-state index >= 15 is 0 Å². The molecule has 2 fully saturated rings. The zero-order chi connectivity index (χ0) is 17.3. The Morgan fingerprint density at radius 2 is 2.16 bits per heavy atom. The molecule has 0 radical (unpaired) electrons. The van der Waals surface area contributed by atoms with Gasteiger partial charge in [-0.25, -0.2) is 0 Å². The summed E-state index contributed by atoms with van der Waals surface area (Å²) in [6.45, 7) is 3.90. The van der Waals surface area contributed by atoms with E-state index in [-0.39, 0.29) is 5.91 Å². The molecule has 0 aromatic carbocycles. The SMILES string of the molecule is O=C(CN1CCC[C@@H](c2ccn[nH]2)C1)NCCCOC1CCCCC1. The van der Waals surface area contributed by atoms with Gasteiger partial charge < -0.3 is 10.1 Å². The molecule has 1 amide bonds. The van der Waals surface area contributed by atoms with Crippen molar-refractivity contribution < 1.29 is 9.53 Å². The molecule has 3 rings (SSSR count). The van der Waals surface area contributed by atoms with E-state index in [1.54, 1.807) is 6.20 Å². The summed E-state index contributed by atoms with van der Waals surface area (Å²) >= 11 is 0. The van der Waals surface area contributed by atoms with E-state index in [0.717, 1.165) is 32.5 Å². The average molecular weight is 348 g/mol. The number of aromatic nitrogens is 2. The van der Waals surface area contributed by atoms with Crippen LogP contribution in [0.15, 0.2) is 12.3 Å². The maximum absolute atomic E-state index is 12.2. The first-order chi connectivity index (χ1) is 12.3. The summed E-state index contributed by atoms with van der Waals surface area (Å²) in [5.41, 5.74) is 1.19. The van der Waals surface area contributed by atoms with Crippen molar-refractivity contribution in [3.63, 3.8) is 0 Å². The fourth-order valence-electron chi connectivity index (χ4n) is 3.99. The molecule has 0 bridgehead atoms. The van der Waals surface area contributed by atoms with Crippen molar-refractivity contribution >= 4 is 5.91 Å². The smallest absolute Gasteiger partial charge is 0.234 e. The Morgan fingerprint density at radius 3 is 2.96 bits per heavy atom. The van der Waals surface area contributed by atoms with Crippen molar-refractivity contribution in [3.05, 3.63) is 18.0 Å². The van der Waals surface area contributed by atoms with Gasteiger partial charge in [-0.05, 0) is 44.7 Å². The van der Waals surface area contributed by atoms with Crippen LogP contribution in [-0.2, 0) is 9.53 Å². The predicted octanol–water partition coefficient (Wildman–Crippen LogP) is 2.44. The van der Waals surface area contributed by atoms with Gasteiger partial charge in [-0.1, -0.05) is 19.3 Å². The number of amides is 1. The van der Waals surface area contributed by atoms with E-state index in [1.165, 1.54) is 44.2 Å². The maximum Gasteiger partial charge on any atom is 0.234 e. The van der Waals surface area contributed by atoms with Crippen LogP contribution in [-0.4, -0.2) is 59.9 Å². The lowest BCUT2D eigenvalue weighted by Crippen LogP contribution is -2.42. The zero-order valence-electron chi connectivity index (χ0n) is 15.2. The number of nitrogens with zero attached hydrogens (tertiary/aromatic N) is 2. The number of ether oxygens (including phenoxy) is 1. The summed E-state index contributed by atoms with van der Waals surface area (Å²) in [7, 11) is 0. The van der Waals surface area contributed by atoms with Gasteiger partial charge in [0.05, 0.1) is 12.6 Å². The van der Waals surface area contributed by atoms with E-state index in [9.17, 15) is 4.79 Å². The zero-order valence-corrected chi connectivity index (χ0v) is 15.2. The molecule has 2 N–H and O–H groups in total. The van der Waals surface area contributed by atoms with Crippen molar-refractivity contribution in [2.45, 2.75) is 63.4 Å². The first-order valence-corrected chi connectivity index (χ1v) is 9.91. The summed E-state index contributed by atoms with van der Waals surface area (Å²) < 4.78 is 5.90. The number of H-pyrrole nitrogens is 1. The second-order valence-corrected chi connectivity index (χ2v) is 7.42. The first-order valence-electron chi connectivity index (χ1n) is 9.91. The number of hydrogen-bond donors (Lipinski definition) is 2. The van der Waals surface area contributed by atoms with Gasteiger partial charge in [-0.3, -0.25) is 14.8 Å². The van der Waals surface area contributed by atoms with Crippen molar-refractivity contribution in [2.75, 3.05) is 32.8 Å². The van der Waals surface area contributed by atoms with Gasteiger partial charge in [0, 0.05) is 37.5 Å². The molecule has 1 saturated heterocycles. The maximum atomic E-state index is 12.2. The Labute approximate surface area is 150 Å². The topological polar surface area (TPSA) is 70.2 Å². The normalized spacial score (nSPS) is 22.8. The minimum absolute atomic E-state index is 0.128. The Kier molecular flexibility index (Phi) is 7.30. The van der Waals surface area contributed by atoms with E-state index in [0.29, 0.717) is 25.1 Å². The summed E-state index contributed by atoms with van der Waals surface area (Å²) in [6.07, 6.45) is 11.8. The highest BCUT2D eigenvalue weighted by Crippen LogP contribution is 2.24. The molecule has 1 aromatic rings. The summed E-state index contributed by atoms with van der Waals surface area (Å²) in [5.74, 6) is 0.593. The minimum atomic E-state index is 0.128. The summed E-state index contributed by atoms with van der Waals surface area (Å²) in [4.78, 5) is 14.4. The van der Waals surface area contributed by atoms with E-state index < -0.39 is 0 Å². The third-order valence-corrected chi connectivity index (χ3v) is 5.38. The van der Waals surface area contributed by atoms with Crippen molar-refractivity contribution in [1.82, 2.24) is 20.4 Å². The number of piperidine rings is 1. The van der Waals surface area contributed by atoms with Crippen LogP contribution in [0.2, 0.25) is 0 Å². The Bertz CT molecular complexity index is 500. The minimum Gasteiger partial charge on any atom is -0.378 e. The van der Waals surface area contributed by atoms with E-state index in [4.69, 9.17) is 4.74 Å².